The molecule has 2 heterocycles. The molecule has 3 rings (SSSR count). The molecule has 20 heavy (non-hydrogen) atoms. The van der Waals surface area contributed by atoms with E-state index in [0.717, 1.165) is 32.2 Å². The van der Waals surface area contributed by atoms with Gasteiger partial charge in [0.15, 0.2) is 0 Å². The van der Waals surface area contributed by atoms with Crippen LogP contribution in [-0.4, -0.2) is 37.7 Å². The average molecular weight is 303 g/mol. The van der Waals surface area contributed by atoms with Crippen LogP contribution in [-0.2, 0) is 22.2 Å². The molecule has 110 valence electrons. The first-order valence-electron chi connectivity index (χ1n) is 6.53. The molecule has 0 spiro atoms. The average Bonchev–Trinajstić information content (AvgIpc) is 2.96. The Balaban J connectivity index is 2.21. The number of aromatic nitrogens is 2. The lowest BCUT2D eigenvalue weighted by atomic mass is 10.2. The van der Waals surface area contributed by atoms with E-state index in [4.69, 9.17) is 0 Å². The molecule has 1 aliphatic heterocycles. The quantitative estimate of drug-likeness (QED) is 0.775. The summed E-state index contributed by atoms with van der Waals surface area (Å²) in [6.07, 6.45) is 2.73. The molecule has 8 heteroatoms. The van der Waals surface area contributed by atoms with Gasteiger partial charge in [-0.1, -0.05) is 0 Å². The number of halogens is 2. The topological polar surface area (TPSA) is 63.2 Å². The van der Waals surface area contributed by atoms with Crippen LogP contribution in [0.4, 0.5) is 14.6 Å². The number of hydrogen-bond donors (Lipinski definition) is 0. The van der Waals surface area contributed by atoms with Gasteiger partial charge in [0, 0.05) is 31.3 Å². The summed E-state index contributed by atoms with van der Waals surface area (Å²) in [5, 5.41) is -0.500. The smallest absolute Gasteiger partial charge is 0.290 e. The Labute approximate surface area is 115 Å². The monoisotopic (exact) mass is 303 g/mol. The highest BCUT2D eigenvalue weighted by molar-refractivity contribution is 7.90. The SMILES string of the molecule is CS(=O)(=O)c1nc(N2CCCC2)c2c(n1)C(F)(F)CC2. The van der Waals surface area contributed by atoms with Gasteiger partial charge in [-0.15, -0.1) is 0 Å². The third-order valence-electron chi connectivity index (χ3n) is 3.74. The molecule has 5 nitrogen and oxygen atoms in total. The van der Waals surface area contributed by atoms with E-state index < -0.39 is 26.6 Å². The largest absolute Gasteiger partial charge is 0.356 e. The van der Waals surface area contributed by atoms with Crippen molar-refractivity contribution < 1.29 is 17.2 Å². The lowest BCUT2D eigenvalue weighted by Gasteiger charge is -2.20. The van der Waals surface area contributed by atoms with Crippen molar-refractivity contribution >= 4 is 15.7 Å². The Bertz CT molecular complexity index is 655. The molecule has 0 aromatic carbocycles. The second kappa shape index (κ2) is 4.34. The van der Waals surface area contributed by atoms with Gasteiger partial charge in [0.2, 0.25) is 15.0 Å². The summed E-state index contributed by atoms with van der Waals surface area (Å²) in [6.45, 7) is 1.44. The first-order valence-corrected chi connectivity index (χ1v) is 8.42. The summed E-state index contributed by atoms with van der Waals surface area (Å²) in [4.78, 5) is 9.58. The highest BCUT2D eigenvalue weighted by Gasteiger charge is 2.44. The molecular weight excluding hydrogens is 288 g/mol. The van der Waals surface area contributed by atoms with Gasteiger partial charge in [-0.3, -0.25) is 0 Å². The summed E-state index contributed by atoms with van der Waals surface area (Å²) in [5.41, 5.74) is -0.000810. The van der Waals surface area contributed by atoms with Gasteiger partial charge in [-0.05, 0) is 19.3 Å². The molecular formula is C12H15F2N3O2S. The first-order chi connectivity index (χ1) is 9.29. The van der Waals surface area contributed by atoms with Gasteiger partial charge in [0.1, 0.15) is 11.5 Å². The van der Waals surface area contributed by atoms with Crippen LogP contribution >= 0.6 is 0 Å². The zero-order valence-electron chi connectivity index (χ0n) is 11.1. The van der Waals surface area contributed by atoms with Crippen LogP contribution in [0.3, 0.4) is 0 Å². The molecule has 1 saturated heterocycles. The van der Waals surface area contributed by atoms with Crippen molar-refractivity contribution in [1.82, 2.24) is 9.97 Å². The minimum Gasteiger partial charge on any atom is -0.356 e. The van der Waals surface area contributed by atoms with E-state index in [0.29, 0.717) is 11.4 Å². The molecule has 0 bridgehead atoms. The summed E-state index contributed by atoms with van der Waals surface area (Å²) in [6, 6.07) is 0. The van der Waals surface area contributed by atoms with Crippen LogP contribution in [0.1, 0.15) is 30.5 Å². The van der Waals surface area contributed by atoms with Crippen LogP contribution in [0.25, 0.3) is 0 Å². The van der Waals surface area contributed by atoms with E-state index in [1.54, 1.807) is 0 Å². The van der Waals surface area contributed by atoms with Gasteiger partial charge >= 0.3 is 0 Å². The van der Waals surface area contributed by atoms with E-state index in [2.05, 4.69) is 9.97 Å². The molecule has 1 aromatic rings. The maximum Gasteiger partial charge on any atom is 0.290 e. The van der Waals surface area contributed by atoms with Crippen molar-refractivity contribution in [2.45, 2.75) is 36.8 Å². The maximum absolute atomic E-state index is 13.9. The molecule has 0 amide bonds. The maximum atomic E-state index is 13.9. The Morgan fingerprint density at radius 3 is 2.45 bits per heavy atom. The number of hydrogen-bond acceptors (Lipinski definition) is 5. The predicted octanol–water partition coefficient (Wildman–Crippen LogP) is 1.52. The van der Waals surface area contributed by atoms with Crippen LogP contribution < -0.4 is 4.90 Å². The minimum absolute atomic E-state index is 0.193. The van der Waals surface area contributed by atoms with Gasteiger partial charge in [0.05, 0.1) is 0 Å². The highest BCUT2D eigenvalue weighted by Crippen LogP contribution is 2.44. The van der Waals surface area contributed by atoms with Gasteiger partial charge < -0.3 is 4.90 Å². The van der Waals surface area contributed by atoms with Gasteiger partial charge in [0.25, 0.3) is 5.92 Å². The number of alkyl halides is 2. The van der Waals surface area contributed by atoms with E-state index in [9.17, 15) is 17.2 Å². The summed E-state index contributed by atoms with van der Waals surface area (Å²) < 4.78 is 51.0. The first kappa shape index (κ1) is 13.7. The molecule has 0 atom stereocenters. The third kappa shape index (κ3) is 2.15. The predicted molar refractivity (Wildman–Crippen MR) is 68.8 cm³/mol. The summed E-state index contributed by atoms with van der Waals surface area (Å²) in [5.74, 6) is -2.68. The molecule has 1 fully saturated rings. The molecule has 1 aromatic heterocycles. The minimum atomic E-state index is -3.71. The van der Waals surface area contributed by atoms with E-state index in [1.807, 2.05) is 4.90 Å². The Morgan fingerprint density at radius 2 is 1.85 bits per heavy atom. The van der Waals surface area contributed by atoms with E-state index in [-0.39, 0.29) is 12.8 Å². The molecule has 0 saturated carbocycles. The number of sulfone groups is 1. The fourth-order valence-corrected chi connectivity index (χ4v) is 3.25. The van der Waals surface area contributed by atoms with Crippen molar-refractivity contribution in [2.24, 2.45) is 0 Å². The standard InChI is InChI=1S/C12H15F2N3O2S/c1-20(18,19)11-15-9-8(4-5-12(9,13)14)10(16-11)17-6-2-3-7-17/h2-7H2,1H3. The molecule has 1 aliphatic carbocycles. The fraction of sp³-hybridized carbons (Fsp3) is 0.667. The molecule has 0 radical (unpaired) electrons. The van der Waals surface area contributed by atoms with Crippen LogP contribution in [0.15, 0.2) is 5.16 Å². The van der Waals surface area contributed by atoms with Crippen molar-refractivity contribution in [3.63, 3.8) is 0 Å². The van der Waals surface area contributed by atoms with Crippen LogP contribution in [0, 0.1) is 0 Å². The van der Waals surface area contributed by atoms with Crippen molar-refractivity contribution in [3.05, 3.63) is 11.3 Å². The lowest BCUT2D eigenvalue weighted by molar-refractivity contribution is -0.00652. The zero-order valence-corrected chi connectivity index (χ0v) is 11.9. The third-order valence-corrected chi connectivity index (χ3v) is 4.58. The van der Waals surface area contributed by atoms with Crippen LogP contribution in [0.5, 0.6) is 0 Å². The second-order valence-electron chi connectivity index (χ2n) is 5.33. The van der Waals surface area contributed by atoms with Crippen molar-refractivity contribution in [2.75, 3.05) is 24.2 Å². The number of anilines is 1. The van der Waals surface area contributed by atoms with E-state index in [1.165, 1.54) is 0 Å². The zero-order chi connectivity index (χ0) is 14.5. The normalized spacial score (nSPS) is 21.2. The van der Waals surface area contributed by atoms with E-state index >= 15 is 0 Å². The number of fused-ring (bicyclic) bond motifs is 1. The Morgan fingerprint density at radius 1 is 1.20 bits per heavy atom. The molecule has 0 unspecified atom stereocenters. The number of rotatable bonds is 2. The Kier molecular flexibility index (Phi) is 2.97. The van der Waals surface area contributed by atoms with Crippen molar-refractivity contribution in [3.8, 4) is 0 Å². The van der Waals surface area contributed by atoms with Gasteiger partial charge in [-0.2, -0.15) is 8.78 Å². The fourth-order valence-electron chi connectivity index (χ4n) is 2.74. The van der Waals surface area contributed by atoms with Crippen molar-refractivity contribution in [1.29, 1.82) is 0 Å². The summed E-state index contributed by atoms with van der Waals surface area (Å²) >= 11 is 0. The van der Waals surface area contributed by atoms with Gasteiger partial charge in [-0.25, -0.2) is 18.4 Å². The molecule has 0 N–H and O–H groups in total. The van der Waals surface area contributed by atoms with Crippen LogP contribution in [0.2, 0.25) is 0 Å². The summed E-state index contributed by atoms with van der Waals surface area (Å²) in [7, 11) is -3.71. The molecule has 2 aliphatic rings. The second-order valence-corrected chi connectivity index (χ2v) is 7.24. The highest BCUT2D eigenvalue weighted by atomic mass is 32.2. The number of nitrogens with zero attached hydrogens (tertiary/aromatic N) is 3. The lowest BCUT2D eigenvalue weighted by Crippen LogP contribution is -2.23. The Hall–Kier alpha value is -1.31.